The first-order chi connectivity index (χ1) is 17.5. The van der Waals surface area contributed by atoms with Crippen LogP contribution in [0.2, 0.25) is 0 Å². The molecular formula is C33H32FN3. The van der Waals surface area contributed by atoms with E-state index in [1.54, 1.807) is 6.07 Å². The smallest absolute Gasteiger partial charge is 0.162 e. The summed E-state index contributed by atoms with van der Waals surface area (Å²) in [4.78, 5) is 10.2. The second-order valence-corrected chi connectivity index (χ2v) is 12.2. The molecule has 5 aromatic rings. The Hall–Kier alpha value is -3.79. The van der Waals surface area contributed by atoms with Gasteiger partial charge in [-0.1, -0.05) is 90.1 Å². The SMILES string of the molecule is CC(C)(C)c1ccc(-c2nc(-c3ccc(C(C)(C)C)cc3)c3cc4n(c3n2)Cc2cc(F)ccc2-4)cc1. The van der Waals surface area contributed by atoms with Gasteiger partial charge in [-0.05, 0) is 51.8 Å². The first-order valence-electron chi connectivity index (χ1n) is 12.9. The van der Waals surface area contributed by atoms with Crippen LogP contribution in [0.4, 0.5) is 4.39 Å². The summed E-state index contributed by atoms with van der Waals surface area (Å²) in [5, 5.41) is 1.02. The van der Waals surface area contributed by atoms with Crippen molar-refractivity contribution in [3.05, 3.63) is 95.3 Å². The molecule has 3 aromatic carbocycles. The van der Waals surface area contributed by atoms with Crippen LogP contribution in [0.5, 0.6) is 0 Å². The van der Waals surface area contributed by atoms with Crippen molar-refractivity contribution in [3.8, 4) is 33.9 Å². The summed E-state index contributed by atoms with van der Waals surface area (Å²) in [5.41, 5.74) is 9.68. The van der Waals surface area contributed by atoms with E-state index in [1.165, 1.54) is 17.2 Å². The molecule has 0 saturated carbocycles. The number of rotatable bonds is 2. The van der Waals surface area contributed by atoms with Crippen molar-refractivity contribution in [2.45, 2.75) is 58.9 Å². The molecule has 0 bridgehead atoms. The van der Waals surface area contributed by atoms with Crippen molar-refractivity contribution >= 4 is 11.0 Å². The lowest BCUT2D eigenvalue weighted by Crippen LogP contribution is -2.10. The zero-order valence-corrected chi connectivity index (χ0v) is 22.4. The van der Waals surface area contributed by atoms with Gasteiger partial charge in [0, 0.05) is 22.1 Å². The zero-order valence-electron chi connectivity index (χ0n) is 22.4. The predicted octanol–water partition coefficient (Wildman–Crippen LogP) is 8.53. The van der Waals surface area contributed by atoms with Crippen LogP contribution in [-0.2, 0) is 17.4 Å². The number of hydrogen-bond acceptors (Lipinski definition) is 2. The molecule has 0 fully saturated rings. The minimum atomic E-state index is -0.206. The number of hydrogen-bond donors (Lipinski definition) is 0. The fourth-order valence-corrected chi connectivity index (χ4v) is 5.22. The van der Waals surface area contributed by atoms with Gasteiger partial charge < -0.3 is 4.57 Å². The maximum absolute atomic E-state index is 14.0. The van der Waals surface area contributed by atoms with Crippen LogP contribution in [0.15, 0.2) is 72.8 Å². The molecular weight excluding hydrogens is 457 g/mol. The lowest BCUT2D eigenvalue weighted by molar-refractivity contribution is 0.590. The second kappa shape index (κ2) is 8.11. The fourth-order valence-electron chi connectivity index (χ4n) is 5.22. The summed E-state index contributed by atoms with van der Waals surface area (Å²) >= 11 is 0. The molecule has 0 atom stereocenters. The molecule has 1 aliphatic rings. The molecule has 6 rings (SSSR count). The van der Waals surface area contributed by atoms with E-state index in [9.17, 15) is 4.39 Å². The molecule has 3 heterocycles. The lowest BCUT2D eigenvalue weighted by atomic mass is 9.86. The Morgan fingerprint density at radius 2 is 1.30 bits per heavy atom. The Balaban J connectivity index is 1.56. The molecule has 37 heavy (non-hydrogen) atoms. The molecule has 0 N–H and O–H groups in total. The van der Waals surface area contributed by atoms with E-state index in [1.807, 2.05) is 6.07 Å². The summed E-state index contributed by atoms with van der Waals surface area (Å²) in [6, 6.07) is 24.5. The van der Waals surface area contributed by atoms with E-state index in [0.717, 1.165) is 44.7 Å². The van der Waals surface area contributed by atoms with Gasteiger partial charge in [0.2, 0.25) is 0 Å². The van der Waals surface area contributed by atoms with Crippen LogP contribution in [0, 0.1) is 5.82 Å². The molecule has 0 saturated heterocycles. The van der Waals surface area contributed by atoms with Crippen LogP contribution < -0.4 is 0 Å². The largest absolute Gasteiger partial charge is 0.321 e. The summed E-state index contributed by atoms with van der Waals surface area (Å²) in [6.07, 6.45) is 0. The highest BCUT2D eigenvalue weighted by molar-refractivity contribution is 5.97. The molecule has 0 spiro atoms. The monoisotopic (exact) mass is 489 g/mol. The Labute approximate surface area is 218 Å². The molecule has 1 aliphatic heterocycles. The molecule has 3 nitrogen and oxygen atoms in total. The van der Waals surface area contributed by atoms with Crippen molar-refractivity contribution in [2.24, 2.45) is 0 Å². The van der Waals surface area contributed by atoms with Gasteiger partial charge in [0.15, 0.2) is 5.82 Å². The topological polar surface area (TPSA) is 30.7 Å². The highest BCUT2D eigenvalue weighted by Crippen LogP contribution is 2.40. The minimum absolute atomic E-state index is 0.0761. The second-order valence-electron chi connectivity index (χ2n) is 12.2. The van der Waals surface area contributed by atoms with E-state index < -0.39 is 0 Å². The highest BCUT2D eigenvalue weighted by Gasteiger charge is 2.25. The van der Waals surface area contributed by atoms with Crippen LogP contribution in [-0.4, -0.2) is 14.5 Å². The first kappa shape index (κ1) is 23.6. The Morgan fingerprint density at radius 3 is 1.89 bits per heavy atom. The number of nitrogens with zero attached hydrogens (tertiary/aromatic N) is 3. The standard InChI is InChI=1S/C33H32FN3/c1-32(2,3)23-11-7-20(8-12-23)29-27-18-28-26-16-15-25(34)17-22(26)19-37(28)31(27)36-30(35-29)21-9-13-24(14-10-21)33(4,5)6/h7-18H,19H2,1-6H3. The average Bonchev–Trinajstić information content (AvgIpc) is 3.38. The molecule has 0 radical (unpaired) electrons. The normalized spacial score (nSPS) is 13.2. The zero-order chi connectivity index (χ0) is 26.1. The molecule has 0 amide bonds. The Morgan fingerprint density at radius 1 is 0.703 bits per heavy atom. The van der Waals surface area contributed by atoms with Crippen molar-refractivity contribution in [1.29, 1.82) is 0 Å². The van der Waals surface area contributed by atoms with E-state index >= 15 is 0 Å². The van der Waals surface area contributed by atoms with E-state index in [2.05, 4.69) is 101 Å². The van der Waals surface area contributed by atoms with Gasteiger partial charge >= 0.3 is 0 Å². The molecule has 2 aromatic heterocycles. The molecule has 0 unspecified atom stereocenters. The summed E-state index contributed by atoms with van der Waals surface area (Å²) < 4.78 is 16.2. The number of aromatic nitrogens is 3. The fraction of sp³-hybridized carbons (Fsp3) is 0.273. The number of benzene rings is 3. The van der Waals surface area contributed by atoms with Crippen molar-refractivity contribution in [3.63, 3.8) is 0 Å². The number of fused-ring (bicyclic) bond motifs is 5. The molecule has 0 aliphatic carbocycles. The van der Waals surface area contributed by atoms with Crippen LogP contribution in [0.1, 0.15) is 58.2 Å². The van der Waals surface area contributed by atoms with Crippen molar-refractivity contribution in [1.82, 2.24) is 14.5 Å². The molecule has 186 valence electrons. The third-order valence-electron chi connectivity index (χ3n) is 7.46. The Kier molecular flexibility index (Phi) is 5.17. The quantitative estimate of drug-likeness (QED) is 0.244. The number of halogens is 1. The minimum Gasteiger partial charge on any atom is -0.321 e. The van der Waals surface area contributed by atoms with E-state index in [-0.39, 0.29) is 16.6 Å². The maximum atomic E-state index is 14.0. The first-order valence-corrected chi connectivity index (χ1v) is 12.9. The third kappa shape index (κ3) is 4.05. The van der Waals surface area contributed by atoms with Gasteiger partial charge in [-0.2, -0.15) is 0 Å². The van der Waals surface area contributed by atoms with Gasteiger partial charge in [-0.25, -0.2) is 14.4 Å². The predicted molar refractivity (Wildman–Crippen MR) is 150 cm³/mol. The Bertz CT molecular complexity index is 1640. The van der Waals surface area contributed by atoms with Gasteiger partial charge in [-0.15, -0.1) is 0 Å². The lowest BCUT2D eigenvalue weighted by Gasteiger charge is -2.19. The summed E-state index contributed by atoms with van der Waals surface area (Å²) in [7, 11) is 0. The summed E-state index contributed by atoms with van der Waals surface area (Å²) in [5.74, 6) is 0.494. The van der Waals surface area contributed by atoms with Crippen LogP contribution in [0.3, 0.4) is 0 Å². The van der Waals surface area contributed by atoms with Gasteiger partial charge in [-0.3, -0.25) is 0 Å². The third-order valence-corrected chi connectivity index (χ3v) is 7.46. The van der Waals surface area contributed by atoms with Gasteiger partial charge in [0.05, 0.1) is 17.9 Å². The van der Waals surface area contributed by atoms with E-state index in [4.69, 9.17) is 9.97 Å². The van der Waals surface area contributed by atoms with Gasteiger partial charge in [0.1, 0.15) is 11.5 Å². The van der Waals surface area contributed by atoms with Crippen molar-refractivity contribution in [2.75, 3.05) is 0 Å². The highest BCUT2D eigenvalue weighted by atomic mass is 19.1. The van der Waals surface area contributed by atoms with Crippen molar-refractivity contribution < 1.29 is 4.39 Å². The van der Waals surface area contributed by atoms with E-state index in [0.29, 0.717) is 12.4 Å². The summed E-state index contributed by atoms with van der Waals surface area (Å²) in [6.45, 7) is 13.9. The average molecular weight is 490 g/mol. The van der Waals surface area contributed by atoms with Crippen LogP contribution in [0.25, 0.3) is 44.9 Å². The van der Waals surface area contributed by atoms with Crippen LogP contribution >= 0.6 is 0 Å². The molecule has 4 heteroatoms. The maximum Gasteiger partial charge on any atom is 0.162 e. The van der Waals surface area contributed by atoms with Gasteiger partial charge in [0.25, 0.3) is 0 Å².